The topological polar surface area (TPSA) is 49.3 Å². The van der Waals surface area contributed by atoms with Crippen LogP contribution in [0.2, 0.25) is 0 Å². The summed E-state index contributed by atoms with van der Waals surface area (Å²) in [6, 6.07) is 0. The first-order valence-electron chi connectivity index (χ1n) is 4.14. The van der Waals surface area contributed by atoms with Gasteiger partial charge in [-0.2, -0.15) is 11.8 Å². The van der Waals surface area contributed by atoms with Crippen molar-refractivity contribution in [3.05, 3.63) is 0 Å². The van der Waals surface area contributed by atoms with Crippen LogP contribution in [0.3, 0.4) is 0 Å². The first kappa shape index (κ1) is 11.8. The molecule has 0 aromatic rings. The Hall–Kier alpha value is -0.220. The number of hydrogen-bond acceptors (Lipinski definition) is 3. The van der Waals surface area contributed by atoms with Gasteiger partial charge in [-0.1, -0.05) is 13.3 Å². The first-order valence-corrected chi connectivity index (χ1v) is 5.53. The fourth-order valence-corrected chi connectivity index (χ4v) is 1.21. The summed E-state index contributed by atoms with van der Waals surface area (Å²) in [5.41, 5.74) is 0. The van der Waals surface area contributed by atoms with Crippen LogP contribution in [-0.2, 0) is 4.79 Å². The predicted octanol–water partition coefficient (Wildman–Crippen LogP) is 0.627. The lowest BCUT2D eigenvalue weighted by molar-refractivity contribution is -0.119. The van der Waals surface area contributed by atoms with Crippen molar-refractivity contribution in [2.24, 2.45) is 0 Å². The summed E-state index contributed by atoms with van der Waals surface area (Å²) in [4.78, 5) is 10.9. The number of thioether (sulfide) groups is 1. The van der Waals surface area contributed by atoms with Gasteiger partial charge in [-0.15, -0.1) is 0 Å². The van der Waals surface area contributed by atoms with Gasteiger partial charge in [-0.05, 0) is 12.7 Å². The zero-order valence-corrected chi connectivity index (χ0v) is 8.49. The summed E-state index contributed by atoms with van der Waals surface area (Å²) >= 11 is 1.48. The molecular formula is C8H17NO2S. The molecule has 2 N–H and O–H groups in total. The molecule has 0 aliphatic carbocycles. The molecular weight excluding hydrogens is 174 g/mol. The van der Waals surface area contributed by atoms with Gasteiger partial charge in [-0.3, -0.25) is 4.79 Å². The number of carbonyl (C=O) groups excluding carboxylic acids is 1. The third-order valence-corrected chi connectivity index (χ3v) is 1.98. The average Bonchev–Trinajstić information content (AvgIpc) is 2.02. The van der Waals surface area contributed by atoms with E-state index in [1.165, 1.54) is 11.8 Å². The molecule has 12 heavy (non-hydrogen) atoms. The monoisotopic (exact) mass is 191 g/mol. The Bertz CT molecular complexity index is 130. The van der Waals surface area contributed by atoms with Crippen LogP contribution in [0.5, 0.6) is 0 Å². The molecule has 0 heterocycles. The van der Waals surface area contributed by atoms with E-state index in [0.717, 1.165) is 12.8 Å². The smallest absolute Gasteiger partial charge is 0.230 e. The van der Waals surface area contributed by atoms with Crippen LogP contribution in [0.25, 0.3) is 0 Å². The van der Waals surface area contributed by atoms with Crippen LogP contribution < -0.4 is 5.32 Å². The Morgan fingerprint density at radius 2 is 2.33 bits per heavy atom. The third-order valence-electron chi connectivity index (χ3n) is 1.43. The first-order chi connectivity index (χ1) is 5.70. The quantitative estimate of drug-likeness (QED) is 0.647. The molecule has 0 aliphatic rings. The normalized spacial score (nSPS) is 12.6. The Balaban J connectivity index is 3.33. The molecule has 0 spiro atoms. The number of aliphatic hydroxyl groups excluding tert-OH is 1. The standard InChI is InChI=1S/C8H17NO2S/c1-3-4-7(10)5-9-8(11)6-12-2/h7,10H,3-6H2,1-2H3,(H,9,11). The molecule has 1 atom stereocenters. The van der Waals surface area contributed by atoms with E-state index in [9.17, 15) is 9.90 Å². The summed E-state index contributed by atoms with van der Waals surface area (Å²) in [7, 11) is 0. The van der Waals surface area contributed by atoms with Crippen molar-refractivity contribution in [1.82, 2.24) is 5.32 Å². The molecule has 0 radical (unpaired) electrons. The van der Waals surface area contributed by atoms with E-state index in [-0.39, 0.29) is 12.0 Å². The van der Waals surface area contributed by atoms with E-state index >= 15 is 0 Å². The maximum atomic E-state index is 10.9. The van der Waals surface area contributed by atoms with Gasteiger partial charge in [0.25, 0.3) is 0 Å². The van der Waals surface area contributed by atoms with Crippen molar-refractivity contribution < 1.29 is 9.90 Å². The largest absolute Gasteiger partial charge is 0.391 e. The summed E-state index contributed by atoms with van der Waals surface area (Å²) < 4.78 is 0. The molecule has 0 bridgehead atoms. The molecule has 0 saturated heterocycles. The molecule has 0 fully saturated rings. The van der Waals surface area contributed by atoms with Crippen molar-refractivity contribution in [2.75, 3.05) is 18.6 Å². The minimum atomic E-state index is -0.388. The molecule has 1 amide bonds. The van der Waals surface area contributed by atoms with Crippen LogP contribution in [0.4, 0.5) is 0 Å². The Kier molecular flexibility index (Phi) is 7.29. The maximum absolute atomic E-state index is 10.9. The molecule has 0 aliphatic heterocycles. The molecule has 0 saturated carbocycles. The summed E-state index contributed by atoms with van der Waals surface area (Å²) in [6.45, 7) is 2.39. The molecule has 0 aromatic heterocycles. The van der Waals surface area contributed by atoms with Crippen molar-refractivity contribution in [3.63, 3.8) is 0 Å². The molecule has 0 aromatic carbocycles. The van der Waals surface area contributed by atoms with Crippen molar-refractivity contribution in [2.45, 2.75) is 25.9 Å². The highest BCUT2D eigenvalue weighted by atomic mass is 32.2. The van der Waals surface area contributed by atoms with E-state index in [1.807, 2.05) is 13.2 Å². The number of hydrogen-bond donors (Lipinski definition) is 2. The predicted molar refractivity (Wildman–Crippen MR) is 52.3 cm³/mol. The minimum Gasteiger partial charge on any atom is -0.391 e. The van der Waals surface area contributed by atoms with Gasteiger partial charge in [0.1, 0.15) is 0 Å². The highest BCUT2D eigenvalue weighted by Crippen LogP contribution is 1.94. The summed E-state index contributed by atoms with van der Waals surface area (Å²) in [6.07, 6.45) is 3.18. The number of amides is 1. The Labute approximate surface area is 77.9 Å². The van der Waals surface area contributed by atoms with Gasteiger partial charge in [0, 0.05) is 6.54 Å². The van der Waals surface area contributed by atoms with Crippen molar-refractivity contribution >= 4 is 17.7 Å². The number of carbonyl (C=O) groups is 1. The van der Waals surface area contributed by atoms with E-state index < -0.39 is 0 Å². The minimum absolute atomic E-state index is 0.00217. The zero-order valence-electron chi connectivity index (χ0n) is 7.67. The van der Waals surface area contributed by atoms with Crippen LogP contribution in [0, 0.1) is 0 Å². The van der Waals surface area contributed by atoms with Gasteiger partial charge in [0.05, 0.1) is 11.9 Å². The second-order valence-electron chi connectivity index (χ2n) is 2.68. The molecule has 3 nitrogen and oxygen atoms in total. The van der Waals surface area contributed by atoms with Gasteiger partial charge >= 0.3 is 0 Å². The highest BCUT2D eigenvalue weighted by molar-refractivity contribution is 7.99. The van der Waals surface area contributed by atoms with Crippen LogP contribution in [0.15, 0.2) is 0 Å². The second-order valence-corrected chi connectivity index (χ2v) is 3.55. The van der Waals surface area contributed by atoms with E-state index in [4.69, 9.17) is 0 Å². The van der Waals surface area contributed by atoms with Crippen molar-refractivity contribution in [3.8, 4) is 0 Å². The zero-order chi connectivity index (χ0) is 9.40. The summed E-state index contributed by atoms with van der Waals surface area (Å²) in [5, 5.41) is 11.9. The molecule has 4 heteroatoms. The molecule has 0 rings (SSSR count). The molecule has 1 unspecified atom stereocenters. The number of rotatable bonds is 6. The van der Waals surface area contributed by atoms with E-state index in [1.54, 1.807) is 0 Å². The van der Waals surface area contributed by atoms with E-state index in [2.05, 4.69) is 5.32 Å². The Morgan fingerprint density at radius 1 is 1.67 bits per heavy atom. The van der Waals surface area contributed by atoms with Gasteiger partial charge in [0.2, 0.25) is 5.91 Å². The lowest BCUT2D eigenvalue weighted by atomic mass is 10.2. The SMILES string of the molecule is CCCC(O)CNC(=O)CSC. The van der Waals surface area contributed by atoms with Gasteiger partial charge in [-0.25, -0.2) is 0 Å². The highest BCUT2D eigenvalue weighted by Gasteiger charge is 2.04. The lowest BCUT2D eigenvalue weighted by Gasteiger charge is -2.09. The number of aliphatic hydroxyl groups is 1. The third kappa shape index (κ3) is 6.49. The number of nitrogens with one attached hydrogen (secondary N) is 1. The van der Waals surface area contributed by atoms with Crippen LogP contribution >= 0.6 is 11.8 Å². The summed E-state index contributed by atoms with van der Waals surface area (Å²) in [5.74, 6) is 0.469. The maximum Gasteiger partial charge on any atom is 0.230 e. The average molecular weight is 191 g/mol. The van der Waals surface area contributed by atoms with E-state index in [0.29, 0.717) is 12.3 Å². The second kappa shape index (κ2) is 7.43. The van der Waals surface area contributed by atoms with Gasteiger partial charge in [0.15, 0.2) is 0 Å². The van der Waals surface area contributed by atoms with Crippen LogP contribution in [0.1, 0.15) is 19.8 Å². The fraction of sp³-hybridized carbons (Fsp3) is 0.875. The van der Waals surface area contributed by atoms with Crippen LogP contribution in [-0.4, -0.2) is 35.7 Å². The molecule has 72 valence electrons. The van der Waals surface area contributed by atoms with Gasteiger partial charge < -0.3 is 10.4 Å². The van der Waals surface area contributed by atoms with Crippen molar-refractivity contribution in [1.29, 1.82) is 0 Å². The fourth-order valence-electron chi connectivity index (χ4n) is 0.849. The Morgan fingerprint density at radius 3 is 2.83 bits per heavy atom. The lowest BCUT2D eigenvalue weighted by Crippen LogP contribution is -2.33.